The first-order valence-corrected chi connectivity index (χ1v) is 4.80. The van der Waals surface area contributed by atoms with Gasteiger partial charge in [-0.15, -0.1) is 6.42 Å². The number of terminal acetylenes is 1. The molecule has 0 unspecified atom stereocenters. The van der Waals surface area contributed by atoms with Gasteiger partial charge >= 0.3 is 0 Å². The lowest BCUT2D eigenvalue weighted by atomic mass is 10.1. The highest BCUT2D eigenvalue weighted by atomic mass is 16.5. The Morgan fingerprint density at radius 1 is 1.27 bits per heavy atom. The summed E-state index contributed by atoms with van der Waals surface area (Å²) in [5.74, 6) is 8.47. The minimum atomic E-state index is -0.536. The van der Waals surface area contributed by atoms with Crippen molar-refractivity contribution in [1.82, 2.24) is 0 Å². The third-order valence-corrected chi connectivity index (χ3v) is 1.86. The van der Waals surface area contributed by atoms with Crippen LogP contribution in [-0.4, -0.2) is 12.2 Å². The molecule has 1 rings (SSSR count). The zero-order valence-corrected chi connectivity index (χ0v) is 9.08. The number of hydrogen-bond donors (Lipinski definition) is 0. The van der Waals surface area contributed by atoms with Crippen molar-refractivity contribution in [3.05, 3.63) is 35.9 Å². The summed E-state index contributed by atoms with van der Waals surface area (Å²) in [4.78, 5) is 0. The first-order chi connectivity index (χ1) is 7.14. The smallest absolute Gasteiger partial charge is 0.124 e. The van der Waals surface area contributed by atoms with E-state index >= 15 is 0 Å². The van der Waals surface area contributed by atoms with Crippen molar-refractivity contribution in [2.24, 2.45) is 0 Å². The molecular formula is C14H14O. The SMILES string of the molecule is C#CC(C)(C)OCC#Cc1ccccc1. The van der Waals surface area contributed by atoms with Gasteiger partial charge in [-0.3, -0.25) is 0 Å². The molecule has 1 heteroatoms. The van der Waals surface area contributed by atoms with Crippen molar-refractivity contribution >= 4 is 0 Å². The largest absolute Gasteiger partial charge is 0.350 e. The minimum Gasteiger partial charge on any atom is -0.350 e. The van der Waals surface area contributed by atoms with Gasteiger partial charge in [-0.25, -0.2) is 0 Å². The Kier molecular flexibility index (Phi) is 3.98. The van der Waals surface area contributed by atoms with Crippen molar-refractivity contribution in [3.63, 3.8) is 0 Å². The molecule has 0 spiro atoms. The first-order valence-electron chi connectivity index (χ1n) is 4.80. The van der Waals surface area contributed by atoms with Gasteiger partial charge in [-0.05, 0) is 26.0 Å². The molecule has 0 heterocycles. The lowest BCUT2D eigenvalue weighted by Crippen LogP contribution is -2.21. The quantitative estimate of drug-likeness (QED) is 0.663. The van der Waals surface area contributed by atoms with Crippen molar-refractivity contribution in [3.8, 4) is 24.2 Å². The molecule has 1 aromatic rings. The predicted molar refractivity (Wildman–Crippen MR) is 62.2 cm³/mol. The van der Waals surface area contributed by atoms with Crippen LogP contribution in [0.2, 0.25) is 0 Å². The van der Waals surface area contributed by atoms with Gasteiger partial charge in [0.2, 0.25) is 0 Å². The van der Waals surface area contributed by atoms with Crippen LogP contribution in [0, 0.1) is 24.2 Å². The van der Waals surface area contributed by atoms with Crippen LogP contribution in [0.25, 0.3) is 0 Å². The molecule has 0 fully saturated rings. The monoisotopic (exact) mass is 198 g/mol. The van der Waals surface area contributed by atoms with Crippen LogP contribution >= 0.6 is 0 Å². The van der Waals surface area contributed by atoms with Crippen LogP contribution < -0.4 is 0 Å². The molecule has 0 aliphatic heterocycles. The maximum atomic E-state index is 5.39. The van der Waals surface area contributed by atoms with Crippen molar-refractivity contribution < 1.29 is 4.74 Å². The molecule has 0 bridgehead atoms. The van der Waals surface area contributed by atoms with E-state index in [1.165, 1.54) is 0 Å². The number of rotatable bonds is 2. The van der Waals surface area contributed by atoms with Gasteiger partial charge in [-0.2, -0.15) is 0 Å². The summed E-state index contributed by atoms with van der Waals surface area (Å²) < 4.78 is 5.39. The fraction of sp³-hybridized carbons (Fsp3) is 0.286. The second kappa shape index (κ2) is 5.25. The second-order valence-electron chi connectivity index (χ2n) is 3.61. The molecule has 76 valence electrons. The molecule has 0 N–H and O–H groups in total. The molecule has 15 heavy (non-hydrogen) atoms. The minimum absolute atomic E-state index is 0.353. The van der Waals surface area contributed by atoms with Gasteiger partial charge in [-0.1, -0.05) is 36.0 Å². The highest BCUT2D eigenvalue weighted by molar-refractivity contribution is 5.33. The molecule has 1 nitrogen and oxygen atoms in total. The Bertz CT molecular complexity index is 398. The first kappa shape index (κ1) is 11.4. The number of benzene rings is 1. The molecule has 1 aromatic carbocycles. The van der Waals surface area contributed by atoms with Crippen LogP contribution in [0.5, 0.6) is 0 Å². The third kappa shape index (κ3) is 4.36. The number of ether oxygens (including phenoxy) is 1. The number of hydrogen-bond acceptors (Lipinski definition) is 1. The van der Waals surface area contributed by atoms with E-state index in [9.17, 15) is 0 Å². The topological polar surface area (TPSA) is 9.23 Å². The Hall–Kier alpha value is -1.70. The lowest BCUT2D eigenvalue weighted by molar-refractivity contribution is 0.0505. The molecule has 0 atom stereocenters. The van der Waals surface area contributed by atoms with E-state index in [1.54, 1.807) is 0 Å². The summed E-state index contributed by atoms with van der Waals surface area (Å²) in [6.07, 6.45) is 5.28. The predicted octanol–water partition coefficient (Wildman–Crippen LogP) is 2.47. The van der Waals surface area contributed by atoms with Gasteiger partial charge in [0.05, 0.1) is 0 Å². The fourth-order valence-electron chi connectivity index (χ4n) is 0.918. The Morgan fingerprint density at radius 3 is 2.53 bits per heavy atom. The standard InChI is InChI=1S/C14H14O/c1-4-14(2,3)15-12-8-11-13-9-6-5-7-10-13/h1,5-7,9-10H,12H2,2-3H3. The Labute approximate surface area is 91.5 Å². The lowest BCUT2D eigenvalue weighted by Gasteiger charge is -2.15. The van der Waals surface area contributed by atoms with Gasteiger partial charge in [0, 0.05) is 5.56 Å². The molecule has 0 aliphatic rings. The van der Waals surface area contributed by atoms with E-state index in [0.717, 1.165) is 5.56 Å². The fourth-order valence-corrected chi connectivity index (χ4v) is 0.918. The molecule has 0 saturated carbocycles. The van der Waals surface area contributed by atoms with Crippen molar-refractivity contribution in [2.45, 2.75) is 19.4 Å². The van der Waals surface area contributed by atoms with Gasteiger partial charge in [0.1, 0.15) is 12.2 Å². The maximum Gasteiger partial charge on any atom is 0.124 e. The van der Waals surface area contributed by atoms with E-state index < -0.39 is 5.60 Å². The zero-order chi connectivity index (χ0) is 11.1. The third-order valence-electron chi connectivity index (χ3n) is 1.86. The highest BCUT2D eigenvalue weighted by Crippen LogP contribution is 2.05. The average molecular weight is 198 g/mol. The normalized spacial score (nSPS) is 9.93. The van der Waals surface area contributed by atoms with Crippen molar-refractivity contribution in [1.29, 1.82) is 0 Å². The average Bonchev–Trinajstić information content (AvgIpc) is 2.26. The zero-order valence-electron chi connectivity index (χ0n) is 9.08. The van der Waals surface area contributed by atoms with Gasteiger partial charge in [0.15, 0.2) is 0 Å². The summed E-state index contributed by atoms with van der Waals surface area (Å²) >= 11 is 0. The van der Waals surface area contributed by atoms with E-state index in [0.29, 0.717) is 6.61 Å². The molecule has 0 saturated heterocycles. The molecule has 0 aliphatic carbocycles. The summed E-state index contributed by atoms with van der Waals surface area (Å²) in [6, 6.07) is 9.79. The maximum absolute atomic E-state index is 5.39. The Balaban J connectivity index is 2.46. The van der Waals surface area contributed by atoms with Crippen LogP contribution in [0.4, 0.5) is 0 Å². The van der Waals surface area contributed by atoms with Gasteiger partial charge < -0.3 is 4.74 Å². The van der Waals surface area contributed by atoms with Gasteiger partial charge in [0.25, 0.3) is 0 Å². The molecular weight excluding hydrogens is 184 g/mol. The van der Waals surface area contributed by atoms with Crippen molar-refractivity contribution in [2.75, 3.05) is 6.61 Å². The summed E-state index contributed by atoms with van der Waals surface area (Å²) in [5.41, 5.74) is 0.449. The molecule has 0 radical (unpaired) electrons. The van der Waals surface area contributed by atoms with E-state index in [2.05, 4.69) is 17.8 Å². The highest BCUT2D eigenvalue weighted by Gasteiger charge is 2.11. The Morgan fingerprint density at radius 2 is 1.93 bits per heavy atom. The van der Waals surface area contributed by atoms with E-state index in [1.807, 2.05) is 44.2 Å². The van der Waals surface area contributed by atoms with Crippen LogP contribution in [-0.2, 0) is 4.74 Å². The summed E-state index contributed by atoms with van der Waals surface area (Å²) in [6.45, 7) is 4.04. The van der Waals surface area contributed by atoms with Crippen LogP contribution in [0.1, 0.15) is 19.4 Å². The molecule has 0 amide bonds. The van der Waals surface area contributed by atoms with E-state index in [-0.39, 0.29) is 0 Å². The second-order valence-corrected chi connectivity index (χ2v) is 3.61. The van der Waals surface area contributed by atoms with Crippen LogP contribution in [0.15, 0.2) is 30.3 Å². The summed E-state index contributed by atoms with van der Waals surface area (Å²) in [7, 11) is 0. The van der Waals surface area contributed by atoms with Crippen LogP contribution in [0.3, 0.4) is 0 Å². The van der Waals surface area contributed by atoms with E-state index in [4.69, 9.17) is 11.2 Å². The summed E-state index contributed by atoms with van der Waals surface area (Å²) in [5, 5.41) is 0. The molecule has 0 aromatic heterocycles.